The summed E-state index contributed by atoms with van der Waals surface area (Å²) >= 11 is 0. The van der Waals surface area contributed by atoms with Gasteiger partial charge in [-0.05, 0) is 38.1 Å². The van der Waals surface area contributed by atoms with Crippen LogP contribution in [0.1, 0.15) is 24.2 Å². The molecule has 1 aromatic heterocycles. The quantitative estimate of drug-likeness (QED) is 0.852. The Morgan fingerprint density at radius 2 is 1.79 bits per heavy atom. The van der Waals surface area contributed by atoms with Crippen molar-refractivity contribution in [2.75, 3.05) is 11.9 Å². The molecule has 0 fully saturated rings. The van der Waals surface area contributed by atoms with Crippen LogP contribution in [0.4, 0.5) is 11.5 Å². The molecule has 1 heterocycles. The van der Waals surface area contributed by atoms with Gasteiger partial charge in [0.15, 0.2) is 0 Å². The van der Waals surface area contributed by atoms with Crippen molar-refractivity contribution >= 4 is 23.4 Å². The molecular weight excluding hydrogens is 306 g/mol. The minimum Gasteiger partial charge on any atom is -0.481 e. The molecule has 1 amide bonds. The fraction of sp³-hybridized carbons (Fsp3) is 0.278. The molecule has 0 bridgehead atoms. The molecule has 0 radical (unpaired) electrons. The summed E-state index contributed by atoms with van der Waals surface area (Å²) in [7, 11) is 1.90. The highest BCUT2D eigenvalue weighted by Gasteiger charge is 2.21. The number of rotatable bonds is 6. The molecule has 6 heteroatoms. The van der Waals surface area contributed by atoms with Crippen LogP contribution in [-0.4, -0.2) is 35.1 Å². The summed E-state index contributed by atoms with van der Waals surface area (Å²) in [6.45, 7) is 3.23. The molecule has 2 aromatic rings. The van der Waals surface area contributed by atoms with Crippen LogP contribution in [0, 0.1) is 5.92 Å². The SMILES string of the molecule is CC(NC(=O)c1ccc(N(C)c2ccccc2)nc1)C(C)C(=O)O. The number of pyridine rings is 1. The van der Waals surface area contributed by atoms with Crippen LogP contribution < -0.4 is 10.2 Å². The normalized spacial score (nSPS) is 13.0. The lowest BCUT2D eigenvalue weighted by Crippen LogP contribution is -2.40. The van der Waals surface area contributed by atoms with Crippen molar-refractivity contribution in [1.82, 2.24) is 10.3 Å². The number of nitrogens with zero attached hydrogens (tertiary/aromatic N) is 2. The number of hydrogen-bond acceptors (Lipinski definition) is 4. The Labute approximate surface area is 141 Å². The number of para-hydroxylation sites is 1. The molecule has 0 aliphatic carbocycles. The molecule has 24 heavy (non-hydrogen) atoms. The Balaban J connectivity index is 2.06. The van der Waals surface area contributed by atoms with Gasteiger partial charge >= 0.3 is 5.97 Å². The van der Waals surface area contributed by atoms with E-state index in [9.17, 15) is 9.59 Å². The van der Waals surface area contributed by atoms with Crippen LogP contribution in [0.15, 0.2) is 48.7 Å². The predicted molar refractivity (Wildman–Crippen MR) is 92.5 cm³/mol. The molecule has 0 saturated carbocycles. The van der Waals surface area contributed by atoms with Crippen LogP contribution in [0.25, 0.3) is 0 Å². The minimum atomic E-state index is -0.944. The van der Waals surface area contributed by atoms with Crippen molar-refractivity contribution in [2.24, 2.45) is 5.92 Å². The van der Waals surface area contributed by atoms with E-state index in [4.69, 9.17) is 5.11 Å². The van der Waals surface area contributed by atoms with Gasteiger partial charge in [0.1, 0.15) is 5.82 Å². The fourth-order valence-corrected chi connectivity index (χ4v) is 2.13. The van der Waals surface area contributed by atoms with Crippen molar-refractivity contribution in [1.29, 1.82) is 0 Å². The second-order valence-electron chi connectivity index (χ2n) is 5.69. The standard InChI is InChI=1S/C18H21N3O3/c1-12(18(23)24)13(2)20-17(22)14-9-10-16(19-11-14)21(3)15-7-5-4-6-8-15/h4-13H,1-3H3,(H,20,22)(H,23,24). The Kier molecular flexibility index (Phi) is 5.52. The number of carboxylic acid groups (broad SMARTS) is 1. The molecule has 1 aromatic carbocycles. The fourth-order valence-electron chi connectivity index (χ4n) is 2.13. The van der Waals surface area contributed by atoms with E-state index < -0.39 is 17.9 Å². The van der Waals surface area contributed by atoms with E-state index >= 15 is 0 Å². The van der Waals surface area contributed by atoms with Crippen LogP contribution in [0.2, 0.25) is 0 Å². The molecule has 0 spiro atoms. The van der Waals surface area contributed by atoms with Crippen LogP contribution >= 0.6 is 0 Å². The third kappa shape index (κ3) is 4.10. The molecule has 2 unspecified atom stereocenters. The Bertz CT molecular complexity index is 701. The number of aromatic nitrogens is 1. The molecule has 2 atom stereocenters. The van der Waals surface area contributed by atoms with Gasteiger partial charge in [0.25, 0.3) is 5.91 Å². The zero-order valence-corrected chi connectivity index (χ0v) is 13.9. The Morgan fingerprint density at radius 1 is 1.12 bits per heavy atom. The highest BCUT2D eigenvalue weighted by atomic mass is 16.4. The zero-order chi connectivity index (χ0) is 17.7. The van der Waals surface area contributed by atoms with Crippen LogP contribution in [0.5, 0.6) is 0 Å². The Hall–Kier alpha value is -2.89. The second-order valence-corrected chi connectivity index (χ2v) is 5.69. The van der Waals surface area contributed by atoms with Crippen molar-refractivity contribution in [3.8, 4) is 0 Å². The smallest absolute Gasteiger partial charge is 0.308 e. The number of aliphatic carboxylic acids is 1. The van der Waals surface area contributed by atoms with Gasteiger partial charge in [-0.3, -0.25) is 9.59 Å². The molecule has 126 valence electrons. The number of carbonyl (C=O) groups excluding carboxylic acids is 1. The van der Waals surface area contributed by atoms with Gasteiger partial charge in [-0.15, -0.1) is 0 Å². The number of carboxylic acids is 1. The maximum atomic E-state index is 12.2. The van der Waals surface area contributed by atoms with E-state index in [0.29, 0.717) is 11.4 Å². The largest absolute Gasteiger partial charge is 0.481 e. The lowest BCUT2D eigenvalue weighted by atomic mass is 10.0. The molecule has 2 rings (SSSR count). The van der Waals surface area contributed by atoms with Crippen LogP contribution in [-0.2, 0) is 4.79 Å². The summed E-state index contributed by atoms with van der Waals surface area (Å²) in [6, 6.07) is 12.7. The molecule has 6 nitrogen and oxygen atoms in total. The third-order valence-corrected chi connectivity index (χ3v) is 4.00. The van der Waals surface area contributed by atoms with E-state index in [-0.39, 0.29) is 5.91 Å². The molecular formula is C18H21N3O3. The van der Waals surface area contributed by atoms with Gasteiger partial charge in [0.2, 0.25) is 0 Å². The van der Waals surface area contributed by atoms with Gasteiger partial charge < -0.3 is 15.3 Å². The lowest BCUT2D eigenvalue weighted by Gasteiger charge is -2.19. The summed E-state index contributed by atoms with van der Waals surface area (Å²) in [5.41, 5.74) is 1.38. The summed E-state index contributed by atoms with van der Waals surface area (Å²) in [5, 5.41) is 11.7. The highest BCUT2D eigenvalue weighted by molar-refractivity contribution is 5.94. The number of benzene rings is 1. The van der Waals surface area contributed by atoms with Gasteiger partial charge in [-0.2, -0.15) is 0 Å². The summed E-state index contributed by atoms with van der Waals surface area (Å²) in [5.74, 6) is -1.23. The van der Waals surface area contributed by atoms with Crippen molar-refractivity contribution < 1.29 is 14.7 Å². The second kappa shape index (κ2) is 7.59. The first-order valence-electron chi connectivity index (χ1n) is 7.68. The van der Waals surface area contributed by atoms with Gasteiger partial charge in [0, 0.05) is 25.0 Å². The monoisotopic (exact) mass is 327 g/mol. The minimum absolute atomic E-state index is 0.336. The van der Waals surface area contributed by atoms with E-state index in [1.165, 1.54) is 6.20 Å². The zero-order valence-electron chi connectivity index (χ0n) is 13.9. The number of carbonyl (C=O) groups is 2. The first-order chi connectivity index (χ1) is 11.4. The highest BCUT2D eigenvalue weighted by Crippen LogP contribution is 2.20. The number of anilines is 2. The topological polar surface area (TPSA) is 82.5 Å². The average Bonchev–Trinajstić information content (AvgIpc) is 2.61. The van der Waals surface area contributed by atoms with Crippen LogP contribution in [0.3, 0.4) is 0 Å². The van der Waals surface area contributed by atoms with E-state index in [2.05, 4.69) is 10.3 Å². The molecule has 0 aliphatic rings. The van der Waals surface area contributed by atoms with Crippen molar-refractivity contribution in [3.05, 3.63) is 54.2 Å². The average molecular weight is 327 g/mol. The van der Waals surface area contributed by atoms with E-state index in [1.54, 1.807) is 26.0 Å². The van der Waals surface area contributed by atoms with Crippen molar-refractivity contribution in [2.45, 2.75) is 19.9 Å². The van der Waals surface area contributed by atoms with Crippen molar-refractivity contribution in [3.63, 3.8) is 0 Å². The first-order valence-corrected chi connectivity index (χ1v) is 7.68. The van der Waals surface area contributed by atoms with E-state index in [0.717, 1.165) is 5.69 Å². The maximum absolute atomic E-state index is 12.2. The summed E-state index contributed by atoms with van der Waals surface area (Å²) in [6.07, 6.45) is 1.49. The number of amides is 1. The molecule has 0 aliphatic heterocycles. The van der Waals surface area contributed by atoms with Gasteiger partial charge in [-0.25, -0.2) is 4.98 Å². The predicted octanol–water partition coefficient (Wildman–Crippen LogP) is 2.69. The lowest BCUT2D eigenvalue weighted by molar-refractivity contribution is -0.141. The summed E-state index contributed by atoms with van der Waals surface area (Å²) < 4.78 is 0. The van der Waals surface area contributed by atoms with E-state index in [1.807, 2.05) is 42.3 Å². The number of nitrogens with one attached hydrogen (secondary N) is 1. The number of hydrogen-bond donors (Lipinski definition) is 2. The Morgan fingerprint density at radius 3 is 2.33 bits per heavy atom. The van der Waals surface area contributed by atoms with Gasteiger partial charge in [-0.1, -0.05) is 18.2 Å². The first kappa shape index (κ1) is 17.5. The summed E-state index contributed by atoms with van der Waals surface area (Å²) in [4.78, 5) is 29.3. The third-order valence-electron chi connectivity index (χ3n) is 4.00. The molecule has 2 N–H and O–H groups in total. The molecule has 0 saturated heterocycles. The maximum Gasteiger partial charge on any atom is 0.308 e. The van der Waals surface area contributed by atoms with Gasteiger partial charge in [0.05, 0.1) is 11.5 Å².